The van der Waals surface area contributed by atoms with Crippen LogP contribution in [-0.4, -0.2) is 6.16 Å². The maximum Gasteiger partial charge on any atom is 0.0581 e. The normalized spacial score (nSPS) is 9.00. The predicted molar refractivity (Wildman–Crippen MR) is 24.2 cm³/mol. The minimum Gasteiger partial charge on any atom is -0.291 e. The Hall–Kier alpha value is 0.100. The van der Waals surface area contributed by atoms with E-state index in [-0.39, 0.29) is 8.46 Å². The van der Waals surface area contributed by atoms with Gasteiger partial charge in [-0.15, -0.1) is 0 Å². The summed E-state index contributed by atoms with van der Waals surface area (Å²) in [5.41, 5.74) is 0. The minimum absolute atomic E-state index is 0.0922. The summed E-state index contributed by atoms with van der Waals surface area (Å²) in [6, 6.07) is 0. The van der Waals surface area contributed by atoms with Crippen molar-refractivity contribution >= 4 is 8.46 Å². The fraction of sp³-hybridized carbons (Fsp3) is 1.00. The molecule has 0 aromatic carbocycles. The van der Waals surface area contributed by atoms with Gasteiger partial charge in [-0.3, -0.25) is 4.57 Å². The molecular formula is C3H8OP. The smallest absolute Gasteiger partial charge is 0.0581 e. The van der Waals surface area contributed by atoms with Crippen molar-refractivity contribution in [3.8, 4) is 0 Å². The van der Waals surface area contributed by atoms with Crippen molar-refractivity contribution in [2.24, 2.45) is 0 Å². The summed E-state index contributed by atoms with van der Waals surface area (Å²) < 4.78 is 9.56. The number of hydrogen-bond donors (Lipinski definition) is 0. The molecule has 0 N–H and O–H groups in total. The van der Waals surface area contributed by atoms with Gasteiger partial charge >= 0.3 is 0 Å². The van der Waals surface area contributed by atoms with E-state index >= 15 is 0 Å². The van der Waals surface area contributed by atoms with E-state index in [0.29, 0.717) is 0 Å². The molecular weight excluding hydrogens is 83.0 g/mol. The second kappa shape index (κ2) is 4.10. The molecule has 1 nitrogen and oxygen atoms in total. The van der Waals surface area contributed by atoms with E-state index in [1.54, 1.807) is 0 Å². The fourth-order valence-corrected chi connectivity index (χ4v) is 0.306. The third-order valence-corrected chi connectivity index (χ3v) is 1.06. The van der Waals surface area contributed by atoms with Crippen molar-refractivity contribution in [2.75, 3.05) is 6.16 Å². The molecule has 0 aliphatic rings. The lowest BCUT2D eigenvalue weighted by Gasteiger charge is -1.68. The van der Waals surface area contributed by atoms with Crippen LogP contribution in [-0.2, 0) is 4.57 Å². The number of rotatable bonds is 2. The van der Waals surface area contributed by atoms with Gasteiger partial charge in [0.1, 0.15) is 0 Å². The summed E-state index contributed by atoms with van der Waals surface area (Å²) in [5.74, 6) is 0. The maximum absolute atomic E-state index is 9.56. The largest absolute Gasteiger partial charge is 0.291 e. The Kier molecular flexibility index (Phi) is 4.18. The predicted octanol–water partition coefficient (Wildman–Crippen LogP) is 1.42. The van der Waals surface area contributed by atoms with E-state index in [9.17, 15) is 4.57 Å². The highest BCUT2D eigenvalue weighted by molar-refractivity contribution is 7.23. The first-order valence-electron chi connectivity index (χ1n) is 1.76. The minimum atomic E-state index is -0.0922. The summed E-state index contributed by atoms with van der Waals surface area (Å²) in [6.45, 7) is 2.02. The van der Waals surface area contributed by atoms with E-state index in [0.717, 1.165) is 12.6 Å². The molecule has 0 bridgehead atoms. The molecule has 0 spiro atoms. The molecule has 0 aromatic heterocycles. The third kappa shape index (κ3) is 4.10. The molecule has 2 heteroatoms. The molecule has 0 fully saturated rings. The fourth-order valence-electron chi connectivity index (χ4n) is 0.102. The van der Waals surface area contributed by atoms with Crippen LogP contribution in [0.3, 0.4) is 0 Å². The Morgan fingerprint density at radius 2 is 2.40 bits per heavy atom. The first-order valence-corrected chi connectivity index (χ1v) is 2.88. The van der Waals surface area contributed by atoms with E-state index in [1.807, 2.05) is 6.92 Å². The van der Waals surface area contributed by atoms with Gasteiger partial charge in [-0.05, 0) is 6.42 Å². The molecule has 0 saturated carbocycles. The Morgan fingerprint density at radius 1 is 1.80 bits per heavy atom. The van der Waals surface area contributed by atoms with Crippen LogP contribution in [0.2, 0.25) is 0 Å². The summed E-state index contributed by atoms with van der Waals surface area (Å²) in [7, 11) is -0.0922. The molecule has 0 saturated heterocycles. The first kappa shape index (κ1) is 5.10. The van der Waals surface area contributed by atoms with Crippen molar-refractivity contribution in [1.29, 1.82) is 0 Å². The second-order valence-corrected chi connectivity index (χ2v) is 1.68. The number of hydrogen-bond acceptors (Lipinski definition) is 1. The quantitative estimate of drug-likeness (QED) is 0.469. The van der Waals surface area contributed by atoms with Crippen molar-refractivity contribution in [3.05, 3.63) is 0 Å². The van der Waals surface area contributed by atoms with Gasteiger partial charge < -0.3 is 0 Å². The first-order chi connectivity index (χ1) is 2.41. The zero-order valence-electron chi connectivity index (χ0n) is 3.32. The zero-order chi connectivity index (χ0) is 4.12. The average molecular weight is 91.1 g/mol. The molecule has 1 unspecified atom stereocenters. The molecule has 0 aliphatic heterocycles. The molecule has 1 radical (unpaired) electrons. The van der Waals surface area contributed by atoms with Crippen molar-refractivity contribution in [1.82, 2.24) is 0 Å². The lowest BCUT2D eigenvalue weighted by molar-refractivity contribution is 0.598. The molecule has 5 heavy (non-hydrogen) atoms. The van der Waals surface area contributed by atoms with Gasteiger partial charge in [-0.25, -0.2) is 0 Å². The van der Waals surface area contributed by atoms with Crippen LogP contribution in [0.1, 0.15) is 13.3 Å². The van der Waals surface area contributed by atoms with Crippen LogP contribution in [0, 0.1) is 0 Å². The van der Waals surface area contributed by atoms with Gasteiger partial charge in [0.15, 0.2) is 0 Å². The summed E-state index contributed by atoms with van der Waals surface area (Å²) in [5, 5.41) is 0. The Balaban J connectivity index is 2.40. The molecule has 0 heterocycles. The highest BCUT2D eigenvalue weighted by atomic mass is 31.1. The highest BCUT2D eigenvalue weighted by Gasteiger charge is 1.66. The second-order valence-electron chi connectivity index (χ2n) is 0.894. The van der Waals surface area contributed by atoms with E-state index in [4.69, 9.17) is 0 Å². The van der Waals surface area contributed by atoms with E-state index in [2.05, 4.69) is 0 Å². The molecule has 0 rings (SSSR count). The molecule has 31 valence electrons. The highest BCUT2D eigenvalue weighted by Crippen LogP contribution is 1.90. The summed E-state index contributed by atoms with van der Waals surface area (Å²) >= 11 is 0. The van der Waals surface area contributed by atoms with Gasteiger partial charge in [0.2, 0.25) is 0 Å². The maximum atomic E-state index is 9.56. The monoisotopic (exact) mass is 91.0 g/mol. The van der Waals surface area contributed by atoms with Gasteiger partial charge in [-0.2, -0.15) is 0 Å². The van der Waals surface area contributed by atoms with Crippen LogP contribution < -0.4 is 0 Å². The van der Waals surface area contributed by atoms with Crippen molar-refractivity contribution in [3.63, 3.8) is 0 Å². The Bertz CT molecular complexity index is 28.1. The molecule has 0 aromatic rings. The molecule has 0 amide bonds. The van der Waals surface area contributed by atoms with Crippen LogP contribution in [0.15, 0.2) is 0 Å². The Morgan fingerprint density at radius 3 is 2.40 bits per heavy atom. The van der Waals surface area contributed by atoms with E-state index in [1.165, 1.54) is 0 Å². The Labute approximate surface area is 33.6 Å². The van der Waals surface area contributed by atoms with E-state index < -0.39 is 0 Å². The standard InChI is InChI=1S/C3H8OP/c1-2-3-5-4/h5H,2-3H2,1H3. The lowest BCUT2D eigenvalue weighted by Crippen LogP contribution is -1.57. The van der Waals surface area contributed by atoms with Crippen LogP contribution >= 0.6 is 8.46 Å². The molecule has 1 atom stereocenters. The SMILES string of the molecule is CCC[PH]=O. The van der Waals surface area contributed by atoms with Gasteiger partial charge in [0.25, 0.3) is 0 Å². The topological polar surface area (TPSA) is 17.1 Å². The molecule has 0 aliphatic carbocycles. The van der Waals surface area contributed by atoms with Gasteiger partial charge in [0, 0.05) is 6.16 Å². The summed E-state index contributed by atoms with van der Waals surface area (Å²) in [4.78, 5) is 0. The third-order valence-electron chi connectivity index (χ3n) is 0.352. The van der Waals surface area contributed by atoms with Crippen molar-refractivity contribution in [2.45, 2.75) is 13.3 Å². The van der Waals surface area contributed by atoms with Gasteiger partial charge in [0.05, 0.1) is 8.46 Å². The van der Waals surface area contributed by atoms with Crippen LogP contribution in [0.4, 0.5) is 0 Å². The van der Waals surface area contributed by atoms with Crippen LogP contribution in [0.5, 0.6) is 0 Å². The lowest BCUT2D eigenvalue weighted by atomic mass is 10.6. The van der Waals surface area contributed by atoms with Gasteiger partial charge in [-0.1, -0.05) is 6.92 Å². The zero-order valence-corrected chi connectivity index (χ0v) is 4.32. The average Bonchev–Trinajstić information content (AvgIpc) is 1.41. The van der Waals surface area contributed by atoms with Crippen LogP contribution in [0.25, 0.3) is 0 Å². The summed E-state index contributed by atoms with van der Waals surface area (Å²) in [6.07, 6.45) is 1.90. The van der Waals surface area contributed by atoms with Crippen molar-refractivity contribution < 1.29 is 4.57 Å².